The van der Waals surface area contributed by atoms with Crippen LogP contribution in [-0.4, -0.2) is 65.5 Å². The van der Waals surface area contributed by atoms with Crippen LogP contribution in [0.25, 0.3) is 16.8 Å². The van der Waals surface area contributed by atoms with E-state index in [1.165, 1.54) is 12.1 Å². The molecule has 5 rings (SSSR count). The van der Waals surface area contributed by atoms with Crippen molar-refractivity contribution in [3.63, 3.8) is 0 Å². The molecule has 0 aliphatic carbocycles. The number of phenols is 1. The Labute approximate surface area is 261 Å². The molecular weight excluding hydrogens is 596 g/mol. The normalized spacial score (nSPS) is 11.4. The van der Waals surface area contributed by atoms with Gasteiger partial charge in [0, 0.05) is 18.7 Å². The Morgan fingerprint density at radius 1 is 0.956 bits per heavy atom. The third kappa shape index (κ3) is 6.83. The van der Waals surface area contributed by atoms with Crippen LogP contribution in [0.1, 0.15) is 33.9 Å². The zero-order valence-electron chi connectivity index (χ0n) is 25.4. The van der Waals surface area contributed by atoms with Crippen molar-refractivity contribution in [2.45, 2.75) is 31.7 Å². The number of amides is 1. The van der Waals surface area contributed by atoms with Gasteiger partial charge in [-0.05, 0) is 67.8 Å². The second-order valence-corrected chi connectivity index (χ2v) is 12.4. The van der Waals surface area contributed by atoms with Crippen molar-refractivity contribution in [2.75, 3.05) is 31.8 Å². The lowest BCUT2D eigenvalue weighted by Crippen LogP contribution is -2.26. The standard InChI is InChI=1S/C32H34N6O6S/c1-20-29(23-12-15-27(43-3)28(18-23)44-4)30-35-21(2)36-32(38(30)37-20)34-19-22-10-13-24(14-11-22)45(41,42)17-7-16-33-31(40)25-8-5-6-9-26(25)39/h5-6,8-15,18,39H,7,16-17,19H2,1-4H3,(H,33,40)(H,34,35,36). The molecule has 0 unspecified atom stereocenters. The molecule has 5 aromatic rings. The number of carbonyl (C=O) groups is 1. The Morgan fingerprint density at radius 2 is 1.69 bits per heavy atom. The number of benzene rings is 3. The van der Waals surface area contributed by atoms with Gasteiger partial charge in [-0.3, -0.25) is 4.79 Å². The van der Waals surface area contributed by atoms with E-state index in [4.69, 9.17) is 14.6 Å². The van der Waals surface area contributed by atoms with E-state index in [1.54, 1.807) is 55.1 Å². The number of fused-ring (bicyclic) bond motifs is 1. The number of anilines is 1. The summed E-state index contributed by atoms with van der Waals surface area (Å²) in [6.07, 6.45) is 0.225. The van der Waals surface area contributed by atoms with Gasteiger partial charge in [-0.1, -0.05) is 30.3 Å². The summed E-state index contributed by atoms with van der Waals surface area (Å²) in [5.74, 6) is 1.55. The molecule has 3 aromatic carbocycles. The number of hydrogen-bond donors (Lipinski definition) is 3. The van der Waals surface area contributed by atoms with E-state index >= 15 is 0 Å². The zero-order valence-corrected chi connectivity index (χ0v) is 26.2. The Bertz CT molecular complexity index is 1960. The van der Waals surface area contributed by atoms with E-state index in [0.717, 1.165) is 22.4 Å². The monoisotopic (exact) mass is 630 g/mol. The number of methoxy groups -OCH3 is 2. The Morgan fingerprint density at radius 3 is 2.40 bits per heavy atom. The van der Waals surface area contributed by atoms with E-state index in [0.29, 0.717) is 35.5 Å². The first kappa shape index (κ1) is 31.3. The topological polar surface area (TPSA) is 157 Å². The number of aromatic nitrogens is 4. The molecular formula is C32H34N6O6S. The molecule has 0 bridgehead atoms. The molecule has 2 aromatic heterocycles. The predicted molar refractivity (Wildman–Crippen MR) is 170 cm³/mol. The summed E-state index contributed by atoms with van der Waals surface area (Å²) in [5.41, 5.74) is 4.10. The van der Waals surface area contributed by atoms with Crippen molar-refractivity contribution in [3.05, 3.63) is 89.4 Å². The molecule has 0 saturated carbocycles. The van der Waals surface area contributed by atoms with Gasteiger partial charge in [0.2, 0.25) is 5.95 Å². The summed E-state index contributed by atoms with van der Waals surface area (Å²) in [4.78, 5) is 21.6. The number of sulfone groups is 1. The van der Waals surface area contributed by atoms with Crippen LogP contribution in [0.5, 0.6) is 17.2 Å². The van der Waals surface area contributed by atoms with E-state index in [1.807, 2.05) is 32.0 Å². The molecule has 0 aliphatic rings. The van der Waals surface area contributed by atoms with Gasteiger partial charge in [0.25, 0.3) is 5.91 Å². The van der Waals surface area contributed by atoms with E-state index < -0.39 is 15.7 Å². The summed E-state index contributed by atoms with van der Waals surface area (Å²) >= 11 is 0. The fourth-order valence-electron chi connectivity index (χ4n) is 4.93. The summed E-state index contributed by atoms with van der Waals surface area (Å²) in [6, 6.07) is 18.5. The fraction of sp³-hybridized carbons (Fsp3) is 0.250. The molecule has 12 nitrogen and oxygen atoms in total. The van der Waals surface area contributed by atoms with Crippen LogP contribution in [0.3, 0.4) is 0 Å². The van der Waals surface area contributed by atoms with Crippen molar-refractivity contribution in [3.8, 4) is 28.4 Å². The highest BCUT2D eigenvalue weighted by Crippen LogP contribution is 2.35. The SMILES string of the molecule is COc1ccc(-c2c(C)nn3c(NCc4ccc(S(=O)(=O)CCCNC(=O)c5ccccc5O)cc4)nc(C)nc23)cc1OC. The maximum atomic E-state index is 12.9. The highest BCUT2D eigenvalue weighted by atomic mass is 32.2. The maximum Gasteiger partial charge on any atom is 0.255 e. The predicted octanol–water partition coefficient (Wildman–Crippen LogP) is 4.34. The van der Waals surface area contributed by atoms with Gasteiger partial charge in [-0.25, -0.2) is 13.4 Å². The van der Waals surface area contributed by atoms with Crippen molar-refractivity contribution < 1.29 is 27.8 Å². The van der Waals surface area contributed by atoms with Crippen LogP contribution in [0.15, 0.2) is 71.6 Å². The molecule has 0 saturated heterocycles. The van der Waals surface area contributed by atoms with E-state index in [-0.39, 0.29) is 34.9 Å². The highest BCUT2D eigenvalue weighted by Gasteiger charge is 2.19. The van der Waals surface area contributed by atoms with E-state index in [2.05, 4.69) is 20.6 Å². The maximum absolute atomic E-state index is 12.9. The number of ether oxygens (including phenoxy) is 2. The molecule has 234 valence electrons. The van der Waals surface area contributed by atoms with Crippen molar-refractivity contribution in [1.82, 2.24) is 24.9 Å². The third-order valence-corrected chi connectivity index (χ3v) is 9.02. The molecule has 45 heavy (non-hydrogen) atoms. The molecule has 13 heteroatoms. The van der Waals surface area contributed by atoms with Crippen LogP contribution in [0.4, 0.5) is 5.95 Å². The van der Waals surface area contributed by atoms with Crippen molar-refractivity contribution in [2.24, 2.45) is 0 Å². The molecule has 1 amide bonds. The number of nitrogens with one attached hydrogen (secondary N) is 2. The number of rotatable bonds is 12. The lowest BCUT2D eigenvalue weighted by atomic mass is 10.1. The van der Waals surface area contributed by atoms with Crippen LogP contribution >= 0.6 is 0 Å². The van der Waals surface area contributed by atoms with Gasteiger partial charge in [-0.2, -0.15) is 14.6 Å². The smallest absolute Gasteiger partial charge is 0.255 e. The quantitative estimate of drug-likeness (QED) is 0.170. The number of aryl methyl sites for hydroxylation is 2. The molecule has 0 fully saturated rings. The van der Waals surface area contributed by atoms with Crippen molar-refractivity contribution >= 4 is 27.3 Å². The Balaban J connectivity index is 1.24. The fourth-order valence-corrected chi connectivity index (χ4v) is 6.24. The summed E-state index contributed by atoms with van der Waals surface area (Å²) < 4.78 is 38.3. The highest BCUT2D eigenvalue weighted by molar-refractivity contribution is 7.91. The number of para-hydroxylation sites is 1. The minimum atomic E-state index is -3.56. The summed E-state index contributed by atoms with van der Waals surface area (Å²) in [6.45, 7) is 4.24. The second-order valence-electron chi connectivity index (χ2n) is 10.3. The largest absolute Gasteiger partial charge is 0.507 e. The molecule has 2 heterocycles. The van der Waals surface area contributed by atoms with Gasteiger partial charge in [-0.15, -0.1) is 0 Å². The Kier molecular flexibility index (Phi) is 9.18. The Hall–Kier alpha value is -5.17. The second kappa shape index (κ2) is 13.2. The average molecular weight is 631 g/mol. The van der Waals surface area contributed by atoms with Crippen LogP contribution in [-0.2, 0) is 16.4 Å². The summed E-state index contributed by atoms with van der Waals surface area (Å²) in [5, 5.41) is 20.4. The first-order valence-electron chi connectivity index (χ1n) is 14.2. The lowest BCUT2D eigenvalue weighted by molar-refractivity contribution is 0.0951. The third-order valence-electron chi connectivity index (χ3n) is 7.20. The van der Waals surface area contributed by atoms with Crippen molar-refractivity contribution in [1.29, 1.82) is 0 Å². The number of nitrogens with zero attached hydrogens (tertiary/aromatic N) is 4. The van der Waals surface area contributed by atoms with Gasteiger partial charge in [0.1, 0.15) is 11.6 Å². The molecule has 0 spiro atoms. The first-order valence-corrected chi connectivity index (χ1v) is 15.8. The number of hydrogen-bond acceptors (Lipinski definition) is 10. The van der Waals surface area contributed by atoms with Crippen LogP contribution < -0.4 is 20.1 Å². The van der Waals surface area contributed by atoms with Gasteiger partial charge in [0.15, 0.2) is 27.0 Å². The summed E-state index contributed by atoms with van der Waals surface area (Å²) in [7, 11) is -0.385. The zero-order chi connectivity index (χ0) is 32.1. The van der Waals surface area contributed by atoms with Crippen LogP contribution in [0.2, 0.25) is 0 Å². The number of carbonyl (C=O) groups excluding carboxylic acids is 1. The number of phenolic OH excluding ortho intramolecular Hbond substituents is 1. The van der Waals surface area contributed by atoms with Gasteiger partial charge in [0.05, 0.1) is 36.1 Å². The van der Waals surface area contributed by atoms with Crippen LogP contribution in [0, 0.1) is 13.8 Å². The van der Waals surface area contributed by atoms with Gasteiger partial charge < -0.3 is 25.2 Å². The first-order chi connectivity index (χ1) is 21.6. The molecule has 0 aliphatic heterocycles. The average Bonchev–Trinajstić information content (AvgIpc) is 3.37. The number of aromatic hydroxyl groups is 1. The molecule has 0 atom stereocenters. The molecule has 0 radical (unpaired) electrons. The molecule has 3 N–H and O–H groups in total. The lowest BCUT2D eigenvalue weighted by Gasteiger charge is -2.11. The minimum absolute atomic E-state index is 0.129. The van der Waals surface area contributed by atoms with Gasteiger partial charge >= 0.3 is 0 Å². The minimum Gasteiger partial charge on any atom is -0.507 e. The van der Waals surface area contributed by atoms with E-state index in [9.17, 15) is 18.3 Å².